The van der Waals surface area contributed by atoms with Crippen molar-refractivity contribution in [3.63, 3.8) is 0 Å². The van der Waals surface area contributed by atoms with E-state index in [9.17, 15) is 30.2 Å². The molecule has 2 rings (SSSR count). The number of nitro benzene ring substituents is 1. The minimum Gasteiger partial charge on any atom is -0.429 e. The van der Waals surface area contributed by atoms with Crippen molar-refractivity contribution in [2.24, 2.45) is 0 Å². The number of hydrogen-bond donors (Lipinski definition) is 3. The maximum absolute atomic E-state index is 11.9. The van der Waals surface area contributed by atoms with Crippen LogP contribution in [0.3, 0.4) is 0 Å². The maximum atomic E-state index is 11.9. The third-order valence-corrected chi connectivity index (χ3v) is 3.35. The van der Waals surface area contributed by atoms with Crippen molar-refractivity contribution in [1.29, 1.82) is 0 Å². The van der Waals surface area contributed by atoms with E-state index in [0.29, 0.717) is 0 Å². The van der Waals surface area contributed by atoms with Crippen molar-refractivity contribution in [2.75, 3.05) is 0 Å². The van der Waals surface area contributed by atoms with E-state index < -0.39 is 41.6 Å². The number of esters is 1. The van der Waals surface area contributed by atoms with E-state index in [-0.39, 0.29) is 11.3 Å². The Balaban J connectivity index is 2.06. The van der Waals surface area contributed by atoms with Gasteiger partial charge in [0.2, 0.25) is 6.29 Å². The van der Waals surface area contributed by atoms with Crippen LogP contribution in [0.2, 0.25) is 0 Å². The molecule has 0 amide bonds. The van der Waals surface area contributed by atoms with E-state index in [1.54, 1.807) is 0 Å². The summed E-state index contributed by atoms with van der Waals surface area (Å²) in [5.74, 6) is -0.880. The Bertz CT molecular complexity index is 560. The average Bonchev–Trinajstić information content (AvgIpc) is 2.50. The van der Waals surface area contributed by atoms with Crippen molar-refractivity contribution in [2.45, 2.75) is 37.6 Å². The zero-order valence-electron chi connectivity index (χ0n) is 11.5. The second-order valence-corrected chi connectivity index (χ2v) is 4.89. The molecule has 0 aromatic heterocycles. The zero-order chi connectivity index (χ0) is 16.4. The van der Waals surface area contributed by atoms with Crippen LogP contribution in [0.4, 0.5) is 5.69 Å². The number of hydrogen-bond acceptors (Lipinski definition) is 8. The fourth-order valence-corrected chi connectivity index (χ4v) is 2.00. The fourth-order valence-electron chi connectivity index (χ4n) is 2.00. The highest BCUT2D eigenvalue weighted by atomic mass is 16.7. The van der Waals surface area contributed by atoms with Crippen LogP contribution in [-0.4, -0.2) is 56.9 Å². The molecule has 1 aromatic carbocycles. The van der Waals surface area contributed by atoms with Gasteiger partial charge in [0, 0.05) is 12.1 Å². The number of nitro groups is 1. The SMILES string of the molecule is C[C@@H]1O[C@@H](OC(=O)c2ccc([N+](=O)[O-])cc2)[C@@H](O)[C@H](O)[C@@H]1O. The topological polar surface area (TPSA) is 139 Å². The summed E-state index contributed by atoms with van der Waals surface area (Å²) < 4.78 is 10.1. The van der Waals surface area contributed by atoms with Crippen LogP contribution in [0.15, 0.2) is 24.3 Å². The van der Waals surface area contributed by atoms with Gasteiger partial charge in [-0.1, -0.05) is 0 Å². The fraction of sp³-hybridized carbons (Fsp3) is 0.462. The highest BCUT2D eigenvalue weighted by Gasteiger charge is 2.43. The third-order valence-electron chi connectivity index (χ3n) is 3.35. The summed E-state index contributed by atoms with van der Waals surface area (Å²) >= 11 is 0. The van der Waals surface area contributed by atoms with Crippen molar-refractivity contribution in [1.82, 2.24) is 0 Å². The predicted molar refractivity (Wildman–Crippen MR) is 70.9 cm³/mol. The van der Waals surface area contributed by atoms with Gasteiger partial charge in [0.05, 0.1) is 16.6 Å². The van der Waals surface area contributed by atoms with Crippen LogP contribution in [0, 0.1) is 10.1 Å². The molecule has 0 saturated carbocycles. The van der Waals surface area contributed by atoms with E-state index in [0.717, 1.165) is 12.1 Å². The number of carbonyl (C=O) groups excluding carboxylic acids is 1. The van der Waals surface area contributed by atoms with Gasteiger partial charge >= 0.3 is 5.97 Å². The molecule has 0 unspecified atom stereocenters. The monoisotopic (exact) mass is 313 g/mol. The molecule has 0 bridgehead atoms. The molecule has 0 spiro atoms. The molecule has 0 aliphatic carbocycles. The first kappa shape index (κ1) is 16.3. The summed E-state index contributed by atoms with van der Waals surface area (Å²) in [6.07, 6.45) is -6.71. The molecule has 9 heteroatoms. The number of carbonyl (C=O) groups is 1. The number of benzene rings is 1. The number of aliphatic hydroxyl groups is 3. The second-order valence-electron chi connectivity index (χ2n) is 4.89. The highest BCUT2D eigenvalue weighted by molar-refractivity contribution is 5.89. The summed E-state index contributed by atoms with van der Waals surface area (Å²) in [5.41, 5.74) is -0.160. The van der Waals surface area contributed by atoms with Crippen molar-refractivity contribution in [3.05, 3.63) is 39.9 Å². The molecular formula is C13H15NO8. The van der Waals surface area contributed by atoms with Gasteiger partial charge in [-0.05, 0) is 19.1 Å². The molecule has 120 valence electrons. The van der Waals surface area contributed by atoms with Crippen LogP contribution < -0.4 is 0 Å². The van der Waals surface area contributed by atoms with E-state index in [4.69, 9.17) is 9.47 Å². The van der Waals surface area contributed by atoms with Gasteiger partial charge in [-0.15, -0.1) is 0 Å². The average molecular weight is 313 g/mol. The molecule has 1 saturated heterocycles. The predicted octanol–water partition coefficient (Wildman–Crippen LogP) is -0.421. The molecule has 1 heterocycles. The number of rotatable bonds is 3. The van der Waals surface area contributed by atoms with Crippen molar-refractivity contribution in [3.8, 4) is 0 Å². The Labute approximate surface area is 124 Å². The quantitative estimate of drug-likeness (QED) is 0.388. The van der Waals surface area contributed by atoms with Gasteiger partial charge in [-0.25, -0.2) is 4.79 Å². The van der Waals surface area contributed by atoms with Crippen LogP contribution >= 0.6 is 0 Å². The van der Waals surface area contributed by atoms with E-state index in [1.165, 1.54) is 19.1 Å². The minimum atomic E-state index is -1.60. The maximum Gasteiger partial charge on any atom is 0.340 e. The summed E-state index contributed by atoms with van der Waals surface area (Å²) in [5, 5.41) is 39.4. The third kappa shape index (κ3) is 3.22. The first-order valence-corrected chi connectivity index (χ1v) is 6.46. The number of nitrogens with zero attached hydrogens (tertiary/aromatic N) is 1. The Hall–Kier alpha value is -2.07. The van der Waals surface area contributed by atoms with Crippen LogP contribution in [-0.2, 0) is 9.47 Å². The van der Waals surface area contributed by atoms with E-state index >= 15 is 0 Å². The van der Waals surface area contributed by atoms with Crippen LogP contribution in [0.25, 0.3) is 0 Å². The van der Waals surface area contributed by atoms with Crippen molar-refractivity contribution >= 4 is 11.7 Å². The lowest BCUT2D eigenvalue weighted by Crippen LogP contribution is -2.57. The lowest BCUT2D eigenvalue weighted by Gasteiger charge is -2.38. The molecule has 3 N–H and O–H groups in total. The molecule has 0 radical (unpaired) electrons. The summed E-state index contributed by atoms with van der Waals surface area (Å²) in [7, 11) is 0. The van der Waals surface area contributed by atoms with Gasteiger partial charge in [0.25, 0.3) is 5.69 Å². The lowest BCUT2D eigenvalue weighted by atomic mass is 10.00. The molecule has 9 nitrogen and oxygen atoms in total. The molecular weight excluding hydrogens is 298 g/mol. The highest BCUT2D eigenvalue weighted by Crippen LogP contribution is 2.23. The van der Waals surface area contributed by atoms with E-state index in [1.807, 2.05) is 0 Å². The van der Waals surface area contributed by atoms with Gasteiger partial charge in [0.1, 0.15) is 18.3 Å². The lowest BCUT2D eigenvalue weighted by molar-refractivity contribution is -0.384. The first-order valence-electron chi connectivity index (χ1n) is 6.46. The molecule has 1 aromatic rings. The van der Waals surface area contributed by atoms with Gasteiger partial charge in [0.15, 0.2) is 0 Å². The summed E-state index contributed by atoms with van der Waals surface area (Å²) in [6, 6.07) is 4.67. The number of ether oxygens (including phenoxy) is 2. The van der Waals surface area contributed by atoms with Gasteiger partial charge < -0.3 is 24.8 Å². The van der Waals surface area contributed by atoms with Crippen LogP contribution in [0.1, 0.15) is 17.3 Å². The Morgan fingerprint density at radius 2 is 1.77 bits per heavy atom. The van der Waals surface area contributed by atoms with Gasteiger partial charge in [-0.3, -0.25) is 10.1 Å². The molecule has 22 heavy (non-hydrogen) atoms. The largest absolute Gasteiger partial charge is 0.429 e. The Kier molecular flexibility index (Phi) is 4.71. The first-order chi connectivity index (χ1) is 10.3. The summed E-state index contributed by atoms with van der Waals surface area (Å²) in [4.78, 5) is 21.8. The number of aliphatic hydroxyl groups excluding tert-OH is 3. The minimum absolute atomic E-state index is 0.0228. The smallest absolute Gasteiger partial charge is 0.340 e. The zero-order valence-corrected chi connectivity index (χ0v) is 11.5. The Morgan fingerprint density at radius 3 is 2.32 bits per heavy atom. The van der Waals surface area contributed by atoms with Crippen molar-refractivity contribution < 1.29 is 34.5 Å². The molecule has 5 atom stereocenters. The molecule has 1 aliphatic rings. The summed E-state index contributed by atoms with van der Waals surface area (Å²) in [6.45, 7) is 1.45. The standard InChI is InChI=1S/C13H15NO8/c1-6-9(15)10(16)11(17)13(21-6)22-12(18)7-2-4-8(5-3-7)14(19)20/h2-6,9-11,13,15-17H,1H3/t6-,9+,10+,11-,13-/m0/s1. The molecule has 1 aliphatic heterocycles. The number of non-ortho nitro benzene ring substituents is 1. The Morgan fingerprint density at radius 1 is 1.18 bits per heavy atom. The van der Waals surface area contributed by atoms with E-state index in [2.05, 4.69) is 0 Å². The molecule has 1 fully saturated rings. The second kappa shape index (κ2) is 6.36. The van der Waals surface area contributed by atoms with Crippen LogP contribution in [0.5, 0.6) is 0 Å². The normalized spacial score (nSPS) is 31.5. The van der Waals surface area contributed by atoms with Gasteiger partial charge in [-0.2, -0.15) is 0 Å².